The Labute approximate surface area is 145 Å². The number of fused-ring (bicyclic) bond motifs is 1. The van der Waals surface area contributed by atoms with Crippen LogP contribution in [0.2, 0.25) is 5.02 Å². The smallest absolute Gasteiger partial charge is 0.244 e. The van der Waals surface area contributed by atoms with Gasteiger partial charge in [-0.2, -0.15) is 10.1 Å². The fourth-order valence-corrected chi connectivity index (χ4v) is 2.99. The molecule has 0 atom stereocenters. The molecule has 0 aliphatic carbocycles. The number of hydrogen-bond donors (Lipinski definition) is 1. The lowest BCUT2D eigenvalue weighted by atomic mass is 10.2. The summed E-state index contributed by atoms with van der Waals surface area (Å²) in [6, 6.07) is 16.1. The number of halogens is 1. The van der Waals surface area contributed by atoms with Gasteiger partial charge in [0, 0.05) is 23.8 Å². The molecule has 6 heteroatoms. The van der Waals surface area contributed by atoms with Crippen LogP contribution in [0.15, 0.2) is 54.7 Å². The quantitative estimate of drug-likeness (QED) is 0.784. The first-order chi connectivity index (χ1) is 11.8. The number of para-hydroxylation sites is 1. The Morgan fingerprint density at radius 3 is 2.79 bits per heavy atom. The van der Waals surface area contributed by atoms with Gasteiger partial charge in [-0.3, -0.25) is 0 Å². The Kier molecular flexibility index (Phi) is 4.01. The van der Waals surface area contributed by atoms with Crippen LogP contribution in [-0.2, 0) is 13.0 Å². The molecule has 1 aliphatic heterocycles. The minimum atomic E-state index is 0.520. The van der Waals surface area contributed by atoms with Crippen molar-refractivity contribution in [1.29, 1.82) is 0 Å². The van der Waals surface area contributed by atoms with Gasteiger partial charge in [-0.1, -0.05) is 41.9 Å². The number of aromatic nitrogens is 3. The monoisotopic (exact) mass is 337 g/mol. The highest BCUT2D eigenvalue weighted by molar-refractivity contribution is 6.30. The van der Waals surface area contributed by atoms with Gasteiger partial charge in [-0.25, -0.2) is 0 Å². The van der Waals surface area contributed by atoms with Crippen LogP contribution >= 0.6 is 11.6 Å². The largest absolute Gasteiger partial charge is 0.349 e. The number of nitrogens with zero attached hydrogens (tertiary/aromatic N) is 4. The molecule has 0 unspecified atom stereocenters. The molecule has 0 fully saturated rings. The van der Waals surface area contributed by atoms with Crippen molar-refractivity contribution < 1.29 is 0 Å². The summed E-state index contributed by atoms with van der Waals surface area (Å²) in [4.78, 5) is 6.78. The molecule has 0 amide bonds. The maximum atomic E-state index is 5.90. The molecule has 120 valence electrons. The molecule has 3 aromatic rings. The van der Waals surface area contributed by atoms with E-state index in [1.807, 2.05) is 30.3 Å². The number of benzene rings is 2. The van der Waals surface area contributed by atoms with Gasteiger partial charge in [0.2, 0.25) is 5.95 Å². The van der Waals surface area contributed by atoms with Gasteiger partial charge in [-0.15, -0.1) is 5.10 Å². The topological polar surface area (TPSA) is 53.9 Å². The summed E-state index contributed by atoms with van der Waals surface area (Å²) in [5, 5.41) is 12.1. The Morgan fingerprint density at radius 2 is 1.92 bits per heavy atom. The van der Waals surface area contributed by atoms with Crippen LogP contribution in [0.3, 0.4) is 0 Å². The summed E-state index contributed by atoms with van der Waals surface area (Å²) in [6.45, 7) is 1.54. The normalized spacial score (nSPS) is 13.0. The molecule has 5 nitrogen and oxygen atoms in total. The summed E-state index contributed by atoms with van der Waals surface area (Å²) >= 11 is 5.90. The molecule has 4 rings (SSSR count). The third kappa shape index (κ3) is 3.03. The van der Waals surface area contributed by atoms with E-state index in [0.29, 0.717) is 12.5 Å². The van der Waals surface area contributed by atoms with E-state index in [1.165, 1.54) is 11.3 Å². The maximum Gasteiger partial charge on any atom is 0.244 e. The van der Waals surface area contributed by atoms with E-state index in [9.17, 15) is 0 Å². The van der Waals surface area contributed by atoms with Crippen molar-refractivity contribution in [2.75, 3.05) is 16.8 Å². The molecule has 1 aliphatic rings. The summed E-state index contributed by atoms with van der Waals surface area (Å²) < 4.78 is 0. The standard InChI is InChI=1S/C18H16ClN5/c19-15-7-5-13(6-8-15)11-20-18-22-17(12-21-23-18)24-10-9-14-3-1-2-4-16(14)24/h1-8,12H,9-11H2,(H,20,22,23). The molecule has 0 radical (unpaired) electrons. The molecule has 0 spiro atoms. The van der Waals surface area contributed by atoms with Crippen molar-refractivity contribution in [3.8, 4) is 0 Å². The highest BCUT2D eigenvalue weighted by Crippen LogP contribution is 2.32. The average Bonchev–Trinajstić information content (AvgIpc) is 3.06. The van der Waals surface area contributed by atoms with Gasteiger partial charge in [0.1, 0.15) is 0 Å². The molecule has 24 heavy (non-hydrogen) atoms. The van der Waals surface area contributed by atoms with Crippen LogP contribution in [0.25, 0.3) is 0 Å². The summed E-state index contributed by atoms with van der Waals surface area (Å²) in [6.07, 6.45) is 2.73. The van der Waals surface area contributed by atoms with Gasteiger partial charge in [-0.05, 0) is 35.7 Å². The first-order valence-electron chi connectivity index (χ1n) is 7.83. The summed E-state index contributed by atoms with van der Waals surface area (Å²) in [7, 11) is 0. The molecule has 2 aromatic carbocycles. The minimum absolute atomic E-state index is 0.520. The Balaban J connectivity index is 1.51. The van der Waals surface area contributed by atoms with E-state index >= 15 is 0 Å². The molecule has 0 bridgehead atoms. The maximum absolute atomic E-state index is 5.90. The van der Waals surface area contributed by atoms with Crippen LogP contribution in [0, 0.1) is 0 Å². The molecule has 0 saturated carbocycles. The average molecular weight is 338 g/mol. The molecule has 1 aromatic heterocycles. The zero-order chi connectivity index (χ0) is 16.4. The van der Waals surface area contributed by atoms with Gasteiger partial charge >= 0.3 is 0 Å². The number of hydrogen-bond acceptors (Lipinski definition) is 5. The van der Waals surface area contributed by atoms with E-state index in [-0.39, 0.29) is 0 Å². The van der Waals surface area contributed by atoms with Crippen molar-refractivity contribution in [3.05, 3.63) is 70.9 Å². The van der Waals surface area contributed by atoms with E-state index in [2.05, 4.69) is 43.6 Å². The second-order valence-electron chi connectivity index (χ2n) is 5.65. The van der Waals surface area contributed by atoms with Crippen LogP contribution in [0.1, 0.15) is 11.1 Å². The second-order valence-corrected chi connectivity index (χ2v) is 6.08. The molecule has 1 N–H and O–H groups in total. The van der Waals surface area contributed by atoms with E-state index in [0.717, 1.165) is 29.4 Å². The van der Waals surface area contributed by atoms with Crippen molar-refractivity contribution in [2.45, 2.75) is 13.0 Å². The lowest BCUT2D eigenvalue weighted by molar-refractivity contribution is 0.904. The Bertz CT molecular complexity index is 850. The van der Waals surface area contributed by atoms with E-state index in [1.54, 1.807) is 6.20 Å². The third-order valence-electron chi connectivity index (χ3n) is 4.07. The third-order valence-corrected chi connectivity index (χ3v) is 4.33. The van der Waals surface area contributed by atoms with Crippen molar-refractivity contribution in [3.63, 3.8) is 0 Å². The predicted octanol–water partition coefficient (Wildman–Crippen LogP) is 3.83. The molecular formula is C18H16ClN5. The van der Waals surface area contributed by atoms with Crippen molar-refractivity contribution >= 4 is 29.1 Å². The van der Waals surface area contributed by atoms with E-state index < -0.39 is 0 Å². The van der Waals surface area contributed by atoms with E-state index in [4.69, 9.17) is 11.6 Å². The van der Waals surface area contributed by atoms with Crippen molar-refractivity contribution in [2.24, 2.45) is 0 Å². The highest BCUT2D eigenvalue weighted by atomic mass is 35.5. The number of nitrogens with one attached hydrogen (secondary N) is 1. The second kappa shape index (κ2) is 6.45. The highest BCUT2D eigenvalue weighted by Gasteiger charge is 2.21. The lowest BCUT2D eigenvalue weighted by Crippen LogP contribution is -2.16. The first-order valence-corrected chi connectivity index (χ1v) is 8.21. The summed E-state index contributed by atoms with van der Waals surface area (Å²) in [5.41, 5.74) is 3.65. The first kappa shape index (κ1) is 14.9. The van der Waals surface area contributed by atoms with Gasteiger partial charge < -0.3 is 10.2 Å². The minimum Gasteiger partial charge on any atom is -0.349 e. The predicted molar refractivity (Wildman–Crippen MR) is 95.8 cm³/mol. The van der Waals surface area contributed by atoms with Gasteiger partial charge in [0.15, 0.2) is 5.82 Å². The Morgan fingerprint density at radius 1 is 1.08 bits per heavy atom. The fourth-order valence-electron chi connectivity index (χ4n) is 2.86. The zero-order valence-electron chi connectivity index (χ0n) is 13.0. The number of anilines is 3. The molecular weight excluding hydrogens is 322 g/mol. The molecule has 2 heterocycles. The Hall–Kier alpha value is -2.66. The zero-order valence-corrected chi connectivity index (χ0v) is 13.7. The van der Waals surface area contributed by atoms with Crippen LogP contribution in [-0.4, -0.2) is 21.7 Å². The SMILES string of the molecule is Clc1ccc(CNc2nncc(N3CCc4ccccc43)n2)cc1. The summed E-state index contributed by atoms with van der Waals surface area (Å²) in [5.74, 6) is 1.33. The van der Waals surface area contributed by atoms with Crippen LogP contribution in [0.4, 0.5) is 17.5 Å². The van der Waals surface area contributed by atoms with Gasteiger partial charge in [0.05, 0.1) is 6.20 Å². The molecule has 0 saturated heterocycles. The van der Waals surface area contributed by atoms with Crippen LogP contribution in [0.5, 0.6) is 0 Å². The van der Waals surface area contributed by atoms with Crippen LogP contribution < -0.4 is 10.2 Å². The lowest BCUT2D eigenvalue weighted by Gasteiger charge is -2.18. The number of rotatable bonds is 4. The van der Waals surface area contributed by atoms with Gasteiger partial charge in [0.25, 0.3) is 0 Å². The fraction of sp³-hybridized carbons (Fsp3) is 0.167. The van der Waals surface area contributed by atoms with Crippen molar-refractivity contribution in [1.82, 2.24) is 15.2 Å².